The van der Waals surface area contributed by atoms with E-state index < -0.39 is 0 Å². The summed E-state index contributed by atoms with van der Waals surface area (Å²) in [5.41, 5.74) is 5.71. The van der Waals surface area contributed by atoms with Gasteiger partial charge in [0.05, 0.1) is 11.1 Å². The van der Waals surface area contributed by atoms with Crippen molar-refractivity contribution in [1.29, 1.82) is 0 Å². The third-order valence-electron chi connectivity index (χ3n) is 6.19. The average Bonchev–Trinajstić information content (AvgIpc) is 3.10. The number of hydrogen-bond donors (Lipinski definition) is 1. The second-order valence-corrected chi connectivity index (χ2v) is 8.07. The Morgan fingerprint density at radius 2 is 1.70 bits per heavy atom. The van der Waals surface area contributed by atoms with E-state index in [2.05, 4.69) is 30.1 Å². The molecule has 0 fully saturated rings. The van der Waals surface area contributed by atoms with Gasteiger partial charge in [-0.3, -0.25) is 19.3 Å². The summed E-state index contributed by atoms with van der Waals surface area (Å²) in [5.74, 6) is -0.635. The molecule has 5 rings (SSSR count). The molecule has 0 bridgehead atoms. The molecule has 2 aromatic carbocycles. The third kappa shape index (κ3) is 3.00. The van der Waals surface area contributed by atoms with Gasteiger partial charge in [0.15, 0.2) is 0 Å². The van der Waals surface area contributed by atoms with Crippen molar-refractivity contribution in [3.63, 3.8) is 0 Å². The number of carbonyl (C=O) groups excluding carboxylic acids is 3. The number of carbonyl (C=O) groups is 3. The minimum absolute atomic E-state index is 0.0165. The molecule has 152 valence electrons. The van der Waals surface area contributed by atoms with Gasteiger partial charge >= 0.3 is 0 Å². The number of nitrogens with zero attached hydrogens (tertiary/aromatic N) is 2. The number of nitrogens with one attached hydrogen (secondary N) is 1. The van der Waals surface area contributed by atoms with Gasteiger partial charge < -0.3 is 9.88 Å². The van der Waals surface area contributed by atoms with E-state index in [1.54, 1.807) is 24.3 Å². The summed E-state index contributed by atoms with van der Waals surface area (Å²) < 4.78 is 0. The number of H-pyrrole nitrogens is 1. The molecule has 3 aromatic rings. The van der Waals surface area contributed by atoms with E-state index in [1.807, 2.05) is 4.90 Å². The van der Waals surface area contributed by atoms with E-state index in [4.69, 9.17) is 0 Å². The van der Waals surface area contributed by atoms with Crippen molar-refractivity contribution >= 4 is 28.6 Å². The second kappa shape index (κ2) is 7.13. The number of rotatable bonds is 3. The summed E-state index contributed by atoms with van der Waals surface area (Å²) in [4.78, 5) is 44.4. The molecule has 0 radical (unpaired) electrons. The van der Waals surface area contributed by atoms with E-state index in [0.29, 0.717) is 24.2 Å². The predicted octanol–water partition coefficient (Wildman–Crippen LogP) is 3.09. The first-order valence-corrected chi connectivity index (χ1v) is 10.4. The van der Waals surface area contributed by atoms with Gasteiger partial charge in [0.1, 0.15) is 0 Å². The first-order chi connectivity index (χ1) is 14.5. The van der Waals surface area contributed by atoms with Gasteiger partial charge in [-0.05, 0) is 43.2 Å². The van der Waals surface area contributed by atoms with Crippen LogP contribution in [0.5, 0.6) is 0 Å². The van der Waals surface area contributed by atoms with E-state index in [-0.39, 0.29) is 30.7 Å². The number of fused-ring (bicyclic) bond motifs is 4. The lowest BCUT2D eigenvalue weighted by Gasteiger charge is -2.22. The molecule has 1 aromatic heterocycles. The molecule has 0 aliphatic carbocycles. The number of hydrogen-bond acceptors (Lipinski definition) is 3. The summed E-state index contributed by atoms with van der Waals surface area (Å²) in [7, 11) is 0. The maximum atomic E-state index is 12.9. The van der Waals surface area contributed by atoms with E-state index in [1.165, 1.54) is 27.1 Å². The molecule has 0 saturated heterocycles. The van der Waals surface area contributed by atoms with Gasteiger partial charge in [-0.15, -0.1) is 0 Å². The molecule has 2 aliphatic rings. The van der Waals surface area contributed by atoms with Gasteiger partial charge in [0, 0.05) is 49.1 Å². The average molecular weight is 401 g/mol. The standard InChI is InChI=1S/C24H23N3O3/c1-15-6-7-20-19(14-15)16-8-11-26(12-9-21(16)25-20)22(28)10-13-27-23(29)17-4-2-3-5-18(17)24(27)30/h2-7,14,25H,8-13H2,1H3. The largest absolute Gasteiger partial charge is 0.358 e. The van der Waals surface area contributed by atoms with Crippen molar-refractivity contribution in [3.05, 3.63) is 70.4 Å². The van der Waals surface area contributed by atoms with E-state index in [9.17, 15) is 14.4 Å². The Morgan fingerprint density at radius 3 is 2.43 bits per heavy atom. The fraction of sp³-hybridized carbons (Fsp3) is 0.292. The van der Waals surface area contributed by atoms with Gasteiger partial charge in [-0.1, -0.05) is 23.8 Å². The molecule has 2 aliphatic heterocycles. The van der Waals surface area contributed by atoms with Gasteiger partial charge in [-0.25, -0.2) is 0 Å². The van der Waals surface area contributed by atoms with Crippen molar-refractivity contribution in [1.82, 2.24) is 14.8 Å². The summed E-state index contributed by atoms with van der Waals surface area (Å²) >= 11 is 0. The summed E-state index contributed by atoms with van der Waals surface area (Å²) in [6.07, 6.45) is 1.73. The highest BCUT2D eigenvalue weighted by Crippen LogP contribution is 2.27. The maximum absolute atomic E-state index is 12.9. The molecule has 3 heterocycles. The molecule has 0 atom stereocenters. The highest BCUT2D eigenvalue weighted by atomic mass is 16.2. The quantitative estimate of drug-likeness (QED) is 0.686. The van der Waals surface area contributed by atoms with Gasteiger partial charge in [0.2, 0.25) is 5.91 Å². The topological polar surface area (TPSA) is 73.5 Å². The summed E-state index contributed by atoms with van der Waals surface area (Å²) in [5, 5.41) is 1.24. The van der Waals surface area contributed by atoms with Crippen LogP contribution in [0.3, 0.4) is 0 Å². The highest BCUT2D eigenvalue weighted by molar-refractivity contribution is 6.21. The molecular weight excluding hydrogens is 378 g/mol. The van der Waals surface area contributed by atoms with Crippen LogP contribution in [0.2, 0.25) is 0 Å². The zero-order valence-electron chi connectivity index (χ0n) is 16.9. The van der Waals surface area contributed by atoms with E-state index >= 15 is 0 Å². The Bertz CT molecular complexity index is 1160. The minimum Gasteiger partial charge on any atom is -0.358 e. The number of benzene rings is 2. The lowest BCUT2D eigenvalue weighted by molar-refractivity contribution is -0.131. The zero-order chi connectivity index (χ0) is 20.8. The Labute approximate surface area is 174 Å². The number of aromatic amines is 1. The van der Waals surface area contributed by atoms with Crippen molar-refractivity contribution < 1.29 is 14.4 Å². The minimum atomic E-state index is -0.309. The summed E-state index contributed by atoms with van der Waals surface area (Å²) in [6, 6.07) is 13.2. The molecule has 0 saturated carbocycles. The molecule has 6 nitrogen and oxygen atoms in total. The number of aryl methyl sites for hydroxylation is 1. The van der Waals surface area contributed by atoms with Crippen LogP contribution in [-0.4, -0.2) is 52.1 Å². The van der Waals surface area contributed by atoms with Crippen LogP contribution in [0.4, 0.5) is 0 Å². The lowest BCUT2D eigenvalue weighted by Crippen LogP contribution is -2.38. The molecule has 3 amide bonds. The Morgan fingerprint density at radius 1 is 1.00 bits per heavy atom. The van der Waals surface area contributed by atoms with Crippen LogP contribution in [0.1, 0.15) is 44.0 Å². The van der Waals surface area contributed by atoms with Gasteiger partial charge in [-0.2, -0.15) is 0 Å². The number of aromatic nitrogens is 1. The van der Waals surface area contributed by atoms with Crippen LogP contribution in [0.15, 0.2) is 42.5 Å². The fourth-order valence-electron chi connectivity index (χ4n) is 4.58. The van der Waals surface area contributed by atoms with Crippen molar-refractivity contribution in [2.45, 2.75) is 26.2 Å². The third-order valence-corrected chi connectivity index (χ3v) is 6.19. The number of imide groups is 1. The van der Waals surface area contributed by atoms with Crippen LogP contribution in [-0.2, 0) is 17.6 Å². The highest BCUT2D eigenvalue weighted by Gasteiger charge is 2.35. The van der Waals surface area contributed by atoms with Gasteiger partial charge in [0.25, 0.3) is 11.8 Å². The van der Waals surface area contributed by atoms with Crippen molar-refractivity contribution in [3.8, 4) is 0 Å². The SMILES string of the molecule is Cc1ccc2[nH]c3c(c2c1)CCN(C(=O)CCN1C(=O)c2ccccc2C1=O)CC3. The number of amides is 3. The molecule has 0 unspecified atom stereocenters. The predicted molar refractivity (Wildman–Crippen MR) is 113 cm³/mol. The van der Waals surface area contributed by atoms with Crippen LogP contribution in [0.25, 0.3) is 10.9 Å². The summed E-state index contributed by atoms with van der Waals surface area (Å²) in [6.45, 7) is 3.49. The smallest absolute Gasteiger partial charge is 0.261 e. The van der Waals surface area contributed by atoms with Crippen molar-refractivity contribution in [2.24, 2.45) is 0 Å². The molecular formula is C24H23N3O3. The molecule has 30 heavy (non-hydrogen) atoms. The first-order valence-electron chi connectivity index (χ1n) is 10.4. The molecule has 0 spiro atoms. The fourth-order valence-corrected chi connectivity index (χ4v) is 4.58. The monoisotopic (exact) mass is 401 g/mol. The van der Waals surface area contributed by atoms with E-state index in [0.717, 1.165) is 18.4 Å². The first kappa shape index (κ1) is 18.6. The van der Waals surface area contributed by atoms with Crippen LogP contribution < -0.4 is 0 Å². The normalized spacial score (nSPS) is 16.0. The van der Waals surface area contributed by atoms with Crippen molar-refractivity contribution in [2.75, 3.05) is 19.6 Å². The molecule has 6 heteroatoms. The van der Waals surface area contributed by atoms with Crippen LogP contribution >= 0.6 is 0 Å². The second-order valence-electron chi connectivity index (χ2n) is 8.07. The zero-order valence-corrected chi connectivity index (χ0v) is 16.9. The molecule has 1 N–H and O–H groups in total. The maximum Gasteiger partial charge on any atom is 0.261 e. The lowest BCUT2D eigenvalue weighted by atomic mass is 10.1. The Balaban J connectivity index is 1.25. The Kier molecular flexibility index (Phi) is 4.42. The Hall–Kier alpha value is -3.41. The van der Waals surface area contributed by atoms with Crippen LogP contribution in [0, 0.1) is 6.92 Å².